The fourth-order valence-corrected chi connectivity index (χ4v) is 3.28. The molecule has 4 aromatic rings. The van der Waals surface area contributed by atoms with Gasteiger partial charge in [0, 0.05) is 27.8 Å². The molecule has 4 rings (SSSR count). The number of anilines is 4. The minimum absolute atomic E-state index is 0.353. The normalized spacial score (nSPS) is 10.6. The third-order valence-corrected chi connectivity index (χ3v) is 5.25. The third kappa shape index (κ3) is 4.87. The zero-order chi connectivity index (χ0) is 22.7. The van der Waals surface area contributed by atoms with Gasteiger partial charge in [-0.1, -0.05) is 17.7 Å². The number of benzene rings is 2. The van der Waals surface area contributed by atoms with Crippen molar-refractivity contribution in [2.75, 3.05) is 16.0 Å². The highest BCUT2D eigenvalue weighted by Gasteiger charge is 2.10. The molecule has 0 aliphatic heterocycles. The lowest BCUT2D eigenvalue weighted by Crippen LogP contribution is -2.19. The maximum atomic E-state index is 12.2. The Bertz CT molecular complexity index is 1250. The molecule has 2 heterocycles. The van der Waals surface area contributed by atoms with E-state index in [1.165, 1.54) is 0 Å². The van der Waals surface area contributed by atoms with E-state index < -0.39 is 0 Å². The second-order valence-corrected chi connectivity index (χ2v) is 7.71. The zero-order valence-corrected chi connectivity index (χ0v) is 18.6. The quantitative estimate of drug-likeness (QED) is 0.368. The van der Waals surface area contributed by atoms with Crippen LogP contribution < -0.4 is 16.0 Å². The molecule has 2 aromatic heterocycles. The van der Waals surface area contributed by atoms with Crippen LogP contribution in [0.1, 0.15) is 17.0 Å². The van der Waals surface area contributed by atoms with E-state index in [-0.39, 0.29) is 6.03 Å². The van der Waals surface area contributed by atoms with Crippen molar-refractivity contribution in [1.82, 2.24) is 20.0 Å². The maximum Gasteiger partial charge on any atom is 0.323 e. The molecule has 0 atom stereocenters. The highest BCUT2D eigenvalue weighted by atomic mass is 35.5. The molecule has 0 fully saturated rings. The molecule has 3 N–H and O–H groups in total. The van der Waals surface area contributed by atoms with Crippen molar-refractivity contribution in [3.8, 4) is 5.82 Å². The SMILES string of the molecule is Cc1nn(-c2ccc(Nc3ccc(NC(=O)Nc4cccc(Cl)c4)cc3)nn2)c(C)c1C. The monoisotopic (exact) mass is 447 g/mol. The number of aromatic nitrogens is 4. The van der Waals surface area contributed by atoms with Crippen molar-refractivity contribution in [3.63, 3.8) is 0 Å². The summed E-state index contributed by atoms with van der Waals surface area (Å²) in [5, 5.41) is 22.3. The van der Waals surface area contributed by atoms with Crippen LogP contribution in [0.15, 0.2) is 60.7 Å². The molecule has 0 aliphatic carbocycles. The molecule has 0 radical (unpaired) electrons. The van der Waals surface area contributed by atoms with Gasteiger partial charge in [-0.2, -0.15) is 5.10 Å². The van der Waals surface area contributed by atoms with Crippen molar-refractivity contribution in [1.29, 1.82) is 0 Å². The van der Waals surface area contributed by atoms with Crippen LogP contribution in [-0.2, 0) is 0 Å². The zero-order valence-electron chi connectivity index (χ0n) is 17.8. The minimum Gasteiger partial charge on any atom is -0.339 e. The van der Waals surface area contributed by atoms with Crippen molar-refractivity contribution < 1.29 is 4.79 Å². The number of amides is 2. The minimum atomic E-state index is -0.353. The van der Waals surface area contributed by atoms with Crippen molar-refractivity contribution in [2.45, 2.75) is 20.8 Å². The van der Waals surface area contributed by atoms with Crippen molar-refractivity contribution >= 4 is 40.5 Å². The Morgan fingerprint density at radius 3 is 2.22 bits per heavy atom. The van der Waals surface area contributed by atoms with Crippen molar-refractivity contribution in [2.24, 2.45) is 0 Å². The second kappa shape index (κ2) is 9.07. The Labute approximate surface area is 190 Å². The Kier molecular flexibility index (Phi) is 6.04. The lowest BCUT2D eigenvalue weighted by molar-refractivity contribution is 0.262. The summed E-state index contributed by atoms with van der Waals surface area (Å²) in [7, 11) is 0. The van der Waals surface area contributed by atoms with Gasteiger partial charge in [-0.25, -0.2) is 9.48 Å². The van der Waals surface area contributed by atoms with E-state index in [9.17, 15) is 4.79 Å². The van der Waals surface area contributed by atoms with Gasteiger partial charge in [-0.15, -0.1) is 10.2 Å². The van der Waals surface area contributed by atoms with Crippen LogP contribution in [0.4, 0.5) is 27.7 Å². The number of carbonyl (C=O) groups is 1. The van der Waals surface area contributed by atoms with Gasteiger partial charge in [0.05, 0.1) is 5.69 Å². The van der Waals surface area contributed by atoms with Gasteiger partial charge >= 0.3 is 6.03 Å². The van der Waals surface area contributed by atoms with Gasteiger partial charge in [0.1, 0.15) is 0 Å². The Morgan fingerprint density at radius 1 is 0.875 bits per heavy atom. The molecule has 0 aliphatic rings. The average molecular weight is 448 g/mol. The van der Waals surface area contributed by atoms with Crippen LogP contribution in [0, 0.1) is 20.8 Å². The largest absolute Gasteiger partial charge is 0.339 e. The Balaban J connectivity index is 1.37. The van der Waals surface area contributed by atoms with E-state index in [4.69, 9.17) is 11.6 Å². The first-order chi connectivity index (χ1) is 15.4. The predicted molar refractivity (Wildman–Crippen MR) is 127 cm³/mol. The summed E-state index contributed by atoms with van der Waals surface area (Å²) in [6.45, 7) is 6.02. The van der Waals surface area contributed by atoms with Crippen LogP contribution in [0.3, 0.4) is 0 Å². The smallest absolute Gasteiger partial charge is 0.323 e. The van der Waals surface area contributed by atoms with E-state index in [1.807, 2.05) is 45.0 Å². The molecule has 9 heteroatoms. The molecule has 32 heavy (non-hydrogen) atoms. The molecule has 0 saturated carbocycles. The highest BCUT2D eigenvalue weighted by Crippen LogP contribution is 2.20. The van der Waals surface area contributed by atoms with Gasteiger partial charge in [0.25, 0.3) is 0 Å². The molecule has 2 aromatic carbocycles. The molecular formula is C23H22ClN7O. The van der Waals surface area contributed by atoms with Gasteiger partial charge < -0.3 is 16.0 Å². The van der Waals surface area contributed by atoms with E-state index >= 15 is 0 Å². The first kappa shape index (κ1) is 21.3. The Morgan fingerprint density at radius 2 is 1.59 bits per heavy atom. The first-order valence-corrected chi connectivity index (χ1v) is 10.3. The summed E-state index contributed by atoms with van der Waals surface area (Å²) in [5.41, 5.74) is 5.24. The van der Waals surface area contributed by atoms with Crippen LogP contribution in [0.5, 0.6) is 0 Å². The second-order valence-electron chi connectivity index (χ2n) is 7.28. The van der Waals surface area contributed by atoms with E-state index in [0.29, 0.717) is 28.0 Å². The molecule has 162 valence electrons. The summed E-state index contributed by atoms with van der Waals surface area (Å²) in [6, 6.07) is 17.6. The number of hydrogen-bond donors (Lipinski definition) is 3. The van der Waals surface area contributed by atoms with Gasteiger partial charge in [0.2, 0.25) is 0 Å². The number of nitrogens with zero attached hydrogens (tertiary/aromatic N) is 4. The molecule has 0 unspecified atom stereocenters. The molecule has 2 amide bonds. The molecule has 0 bridgehead atoms. The maximum absolute atomic E-state index is 12.2. The number of carbonyl (C=O) groups excluding carboxylic acids is 1. The summed E-state index contributed by atoms with van der Waals surface area (Å²) >= 11 is 5.93. The number of hydrogen-bond acceptors (Lipinski definition) is 5. The third-order valence-electron chi connectivity index (χ3n) is 5.02. The summed E-state index contributed by atoms with van der Waals surface area (Å²) < 4.78 is 1.79. The van der Waals surface area contributed by atoms with E-state index in [0.717, 1.165) is 22.6 Å². The number of rotatable bonds is 5. The lowest BCUT2D eigenvalue weighted by atomic mass is 10.2. The van der Waals surface area contributed by atoms with Crippen LogP contribution >= 0.6 is 11.6 Å². The topological polar surface area (TPSA) is 96.8 Å². The highest BCUT2D eigenvalue weighted by molar-refractivity contribution is 6.30. The van der Waals surface area contributed by atoms with Crippen molar-refractivity contribution in [3.05, 3.63) is 82.6 Å². The van der Waals surface area contributed by atoms with E-state index in [2.05, 4.69) is 31.2 Å². The molecule has 8 nitrogen and oxygen atoms in total. The first-order valence-electron chi connectivity index (χ1n) is 9.96. The predicted octanol–water partition coefficient (Wildman–Crippen LogP) is 5.63. The van der Waals surface area contributed by atoms with Gasteiger partial charge in [0.15, 0.2) is 11.6 Å². The number of urea groups is 1. The average Bonchev–Trinajstić information content (AvgIpc) is 3.03. The fraction of sp³-hybridized carbons (Fsp3) is 0.130. The van der Waals surface area contributed by atoms with Gasteiger partial charge in [-0.05, 0) is 80.9 Å². The van der Waals surface area contributed by atoms with Crippen LogP contribution in [-0.4, -0.2) is 26.0 Å². The van der Waals surface area contributed by atoms with Crippen LogP contribution in [0.25, 0.3) is 5.82 Å². The van der Waals surface area contributed by atoms with Crippen LogP contribution in [0.2, 0.25) is 5.02 Å². The number of nitrogens with one attached hydrogen (secondary N) is 3. The van der Waals surface area contributed by atoms with Gasteiger partial charge in [-0.3, -0.25) is 0 Å². The van der Waals surface area contributed by atoms with E-state index in [1.54, 1.807) is 41.1 Å². The molecule has 0 spiro atoms. The number of aryl methyl sites for hydroxylation is 1. The summed E-state index contributed by atoms with van der Waals surface area (Å²) in [4.78, 5) is 12.2. The molecular weight excluding hydrogens is 426 g/mol. The summed E-state index contributed by atoms with van der Waals surface area (Å²) in [6.07, 6.45) is 0. The summed E-state index contributed by atoms with van der Waals surface area (Å²) in [5.74, 6) is 1.26. The Hall–Kier alpha value is -3.91. The lowest BCUT2D eigenvalue weighted by Gasteiger charge is -2.10. The fourth-order valence-electron chi connectivity index (χ4n) is 3.09. The standard InChI is InChI=1S/C23H22ClN7O/c1-14-15(2)30-31(16(14)3)22-12-11-21(28-29-22)25-18-7-9-19(10-8-18)26-23(32)27-20-6-4-5-17(24)13-20/h4-13H,1-3H3,(H,25,28)(H2,26,27,32). The molecule has 0 saturated heterocycles. The number of halogens is 1.